The highest BCUT2D eigenvalue weighted by Gasteiger charge is 2.14. The van der Waals surface area contributed by atoms with Crippen LogP contribution < -0.4 is 4.74 Å². The first-order valence-electron chi connectivity index (χ1n) is 4.39. The number of carboxylic acids is 1. The summed E-state index contributed by atoms with van der Waals surface area (Å²) in [6.45, 7) is -0.396. The minimum Gasteiger partial charge on any atom is -0.480 e. The maximum Gasteiger partial charge on any atom is 0.415 e. The lowest BCUT2D eigenvalue weighted by Gasteiger charge is -2.14. The number of ether oxygens (including phenoxy) is 1. The second kappa shape index (κ2) is 5.50. The summed E-state index contributed by atoms with van der Waals surface area (Å²) in [6.07, 6.45) is -0.708. The molecule has 0 aliphatic carbocycles. The molecule has 0 saturated heterocycles. The molecule has 6 heteroatoms. The summed E-state index contributed by atoms with van der Waals surface area (Å²) >= 11 is 3.23. The van der Waals surface area contributed by atoms with Gasteiger partial charge in [0.25, 0.3) is 0 Å². The highest BCUT2D eigenvalue weighted by atomic mass is 79.9. The summed E-state index contributed by atoms with van der Waals surface area (Å²) in [5.41, 5.74) is 0. The van der Waals surface area contributed by atoms with Crippen LogP contribution >= 0.6 is 15.9 Å². The summed E-state index contributed by atoms with van der Waals surface area (Å²) in [6, 6.07) is 6.73. The summed E-state index contributed by atoms with van der Waals surface area (Å²) in [7, 11) is 1.36. The Bertz CT molecular complexity index is 408. The average Bonchev–Trinajstić information content (AvgIpc) is 2.16. The van der Waals surface area contributed by atoms with Crippen LogP contribution in [0.5, 0.6) is 5.75 Å². The first kappa shape index (κ1) is 12.5. The second-order valence-corrected chi connectivity index (χ2v) is 3.99. The van der Waals surface area contributed by atoms with Gasteiger partial charge in [-0.2, -0.15) is 0 Å². The maximum atomic E-state index is 11.4. The van der Waals surface area contributed by atoms with E-state index in [2.05, 4.69) is 15.9 Å². The van der Waals surface area contributed by atoms with Gasteiger partial charge in [0.15, 0.2) is 0 Å². The number of halogens is 1. The van der Waals surface area contributed by atoms with Crippen molar-refractivity contribution in [3.63, 3.8) is 0 Å². The van der Waals surface area contributed by atoms with Crippen molar-refractivity contribution in [2.75, 3.05) is 13.6 Å². The molecule has 5 nitrogen and oxygen atoms in total. The van der Waals surface area contributed by atoms with E-state index in [0.717, 1.165) is 9.37 Å². The van der Waals surface area contributed by atoms with Crippen molar-refractivity contribution in [2.45, 2.75) is 0 Å². The zero-order valence-electron chi connectivity index (χ0n) is 8.51. The zero-order valence-corrected chi connectivity index (χ0v) is 10.1. The van der Waals surface area contributed by atoms with Crippen LogP contribution in [0.15, 0.2) is 28.7 Å². The Morgan fingerprint density at radius 3 is 2.75 bits per heavy atom. The quantitative estimate of drug-likeness (QED) is 0.923. The second-order valence-electron chi connectivity index (χ2n) is 3.08. The Morgan fingerprint density at radius 2 is 2.19 bits per heavy atom. The van der Waals surface area contributed by atoms with Crippen molar-refractivity contribution in [1.82, 2.24) is 4.90 Å². The van der Waals surface area contributed by atoms with E-state index >= 15 is 0 Å². The zero-order chi connectivity index (χ0) is 12.1. The highest BCUT2D eigenvalue weighted by molar-refractivity contribution is 9.10. The van der Waals surface area contributed by atoms with Gasteiger partial charge in [0, 0.05) is 11.5 Å². The van der Waals surface area contributed by atoms with E-state index in [1.807, 2.05) is 0 Å². The fraction of sp³-hybridized carbons (Fsp3) is 0.200. The van der Waals surface area contributed by atoms with Crippen LogP contribution in [0.3, 0.4) is 0 Å². The SMILES string of the molecule is CN(CC(=O)O)C(=O)Oc1cccc(Br)c1. The van der Waals surface area contributed by atoms with Crippen LogP contribution in [0.2, 0.25) is 0 Å². The largest absolute Gasteiger partial charge is 0.480 e. The summed E-state index contributed by atoms with van der Waals surface area (Å²) in [5, 5.41) is 8.49. The third-order valence-corrected chi connectivity index (χ3v) is 2.18. The van der Waals surface area contributed by atoms with Gasteiger partial charge < -0.3 is 9.84 Å². The molecule has 0 spiro atoms. The van der Waals surface area contributed by atoms with Crippen molar-refractivity contribution in [3.8, 4) is 5.75 Å². The number of carbonyl (C=O) groups is 2. The van der Waals surface area contributed by atoms with Crippen LogP contribution in [0, 0.1) is 0 Å². The Morgan fingerprint density at radius 1 is 1.50 bits per heavy atom. The maximum absolute atomic E-state index is 11.4. The van der Waals surface area contributed by atoms with Crippen LogP contribution in [0.1, 0.15) is 0 Å². The van der Waals surface area contributed by atoms with E-state index in [9.17, 15) is 9.59 Å². The van der Waals surface area contributed by atoms with Crippen LogP contribution in [0.25, 0.3) is 0 Å². The third-order valence-electron chi connectivity index (χ3n) is 1.69. The molecule has 0 atom stereocenters. The number of aliphatic carboxylic acids is 1. The molecule has 1 N–H and O–H groups in total. The number of benzene rings is 1. The number of amides is 1. The molecule has 0 aliphatic heterocycles. The Balaban J connectivity index is 2.60. The van der Waals surface area contributed by atoms with Gasteiger partial charge in [0.2, 0.25) is 0 Å². The van der Waals surface area contributed by atoms with Gasteiger partial charge in [0.05, 0.1) is 0 Å². The van der Waals surface area contributed by atoms with E-state index in [4.69, 9.17) is 9.84 Å². The van der Waals surface area contributed by atoms with E-state index in [1.165, 1.54) is 7.05 Å². The fourth-order valence-electron chi connectivity index (χ4n) is 0.977. The Hall–Kier alpha value is -1.56. The van der Waals surface area contributed by atoms with Gasteiger partial charge >= 0.3 is 12.1 Å². The highest BCUT2D eigenvalue weighted by Crippen LogP contribution is 2.18. The predicted molar refractivity (Wildman–Crippen MR) is 60.4 cm³/mol. The molecule has 1 rings (SSSR count). The van der Waals surface area contributed by atoms with E-state index in [-0.39, 0.29) is 0 Å². The third kappa shape index (κ3) is 3.90. The topological polar surface area (TPSA) is 66.8 Å². The lowest BCUT2D eigenvalue weighted by atomic mass is 10.3. The number of likely N-dealkylation sites (N-methyl/N-ethyl adjacent to an activating group) is 1. The minimum absolute atomic E-state index is 0.358. The number of carbonyl (C=O) groups excluding carboxylic acids is 1. The molecule has 1 amide bonds. The average molecular weight is 288 g/mol. The molecule has 1 aromatic carbocycles. The fourth-order valence-corrected chi connectivity index (χ4v) is 1.35. The molecule has 0 heterocycles. The van der Waals surface area contributed by atoms with Gasteiger partial charge in [-0.05, 0) is 18.2 Å². The number of carboxylic acid groups (broad SMARTS) is 1. The smallest absolute Gasteiger partial charge is 0.415 e. The standard InChI is InChI=1S/C10H10BrNO4/c1-12(6-9(13)14)10(15)16-8-4-2-3-7(11)5-8/h2-5H,6H2,1H3,(H,13,14). The minimum atomic E-state index is -1.09. The van der Waals surface area contributed by atoms with E-state index in [0.29, 0.717) is 5.75 Å². The molecule has 0 radical (unpaired) electrons. The van der Waals surface area contributed by atoms with Crippen LogP contribution in [0.4, 0.5) is 4.79 Å². The number of hydrogen-bond donors (Lipinski definition) is 1. The number of nitrogens with zero attached hydrogens (tertiary/aromatic N) is 1. The molecular formula is C10H10BrNO4. The Kier molecular flexibility index (Phi) is 4.30. The molecule has 86 valence electrons. The first-order chi connectivity index (χ1) is 7.49. The van der Waals surface area contributed by atoms with E-state index in [1.54, 1.807) is 24.3 Å². The van der Waals surface area contributed by atoms with Crippen molar-refractivity contribution in [3.05, 3.63) is 28.7 Å². The van der Waals surface area contributed by atoms with Gasteiger partial charge in [0.1, 0.15) is 12.3 Å². The lowest BCUT2D eigenvalue weighted by molar-refractivity contribution is -0.137. The molecular weight excluding hydrogens is 278 g/mol. The molecule has 0 bridgehead atoms. The molecule has 1 aromatic rings. The van der Waals surface area contributed by atoms with Crippen molar-refractivity contribution in [2.24, 2.45) is 0 Å². The van der Waals surface area contributed by atoms with Crippen LogP contribution in [-0.2, 0) is 4.79 Å². The molecule has 0 fully saturated rings. The normalized spacial score (nSPS) is 9.62. The van der Waals surface area contributed by atoms with Crippen LogP contribution in [-0.4, -0.2) is 35.7 Å². The van der Waals surface area contributed by atoms with Gasteiger partial charge in [-0.25, -0.2) is 4.79 Å². The first-order valence-corrected chi connectivity index (χ1v) is 5.18. The van der Waals surface area contributed by atoms with Gasteiger partial charge in [-0.3, -0.25) is 9.69 Å². The summed E-state index contributed by atoms with van der Waals surface area (Å²) in [4.78, 5) is 22.7. The van der Waals surface area contributed by atoms with Gasteiger partial charge in [-0.1, -0.05) is 22.0 Å². The molecule has 0 aliphatic rings. The Labute approximate surface area is 101 Å². The monoisotopic (exact) mass is 287 g/mol. The van der Waals surface area contributed by atoms with Crippen molar-refractivity contribution >= 4 is 28.0 Å². The molecule has 16 heavy (non-hydrogen) atoms. The predicted octanol–water partition coefficient (Wildman–Crippen LogP) is 1.96. The molecule has 0 unspecified atom stereocenters. The van der Waals surface area contributed by atoms with Gasteiger partial charge in [-0.15, -0.1) is 0 Å². The molecule has 0 aromatic heterocycles. The summed E-state index contributed by atoms with van der Waals surface area (Å²) < 4.78 is 5.73. The number of hydrogen-bond acceptors (Lipinski definition) is 3. The summed E-state index contributed by atoms with van der Waals surface area (Å²) in [5.74, 6) is -0.731. The van der Waals surface area contributed by atoms with E-state index < -0.39 is 18.6 Å². The lowest BCUT2D eigenvalue weighted by Crippen LogP contribution is -2.34. The molecule has 0 saturated carbocycles. The van der Waals surface area contributed by atoms with Crippen molar-refractivity contribution in [1.29, 1.82) is 0 Å². The number of rotatable bonds is 3. The van der Waals surface area contributed by atoms with Crippen molar-refractivity contribution < 1.29 is 19.4 Å².